The van der Waals surface area contributed by atoms with E-state index in [1.165, 1.54) is 0 Å². The molecule has 5 nitrogen and oxygen atoms in total. The molecular weight excluding hydrogens is 445 g/mol. The zero-order chi connectivity index (χ0) is 19.2. The number of imidazole rings is 1. The van der Waals surface area contributed by atoms with E-state index in [0.717, 1.165) is 16.7 Å². The number of thiazole rings is 1. The van der Waals surface area contributed by atoms with Gasteiger partial charge in [0.15, 0.2) is 16.1 Å². The van der Waals surface area contributed by atoms with Gasteiger partial charge in [0.25, 0.3) is 5.91 Å². The molecule has 0 aliphatic carbocycles. The average Bonchev–Trinajstić information content (AvgIpc) is 3.27. The van der Waals surface area contributed by atoms with E-state index in [1.54, 1.807) is 15.5 Å². The van der Waals surface area contributed by atoms with E-state index in [1.807, 2.05) is 18.2 Å². The second-order valence-corrected chi connectivity index (χ2v) is 7.94. The molecule has 3 aromatic heterocycles. The van der Waals surface area contributed by atoms with Gasteiger partial charge in [-0.1, -0.05) is 6.07 Å². The van der Waals surface area contributed by atoms with Crippen LogP contribution in [0.15, 0.2) is 34.5 Å². The van der Waals surface area contributed by atoms with Crippen molar-refractivity contribution in [2.45, 2.75) is 24.9 Å². The predicted molar refractivity (Wildman–Crippen MR) is 97.9 cm³/mol. The van der Waals surface area contributed by atoms with E-state index in [0.29, 0.717) is 46.9 Å². The van der Waals surface area contributed by atoms with Gasteiger partial charge in [-0.05, 0) is 40.9 Å². The topological polar surface area (TPSA) is 50.5 Å². The minimum atomic E-state index is -4.44. The molecule has 0 bridgehead atoms. The highest BCUT2D eigenvalue weighted by molar-refractivity contribution is 9.10. The molecule has 0 spiro atoms. The second-order valence-electron chi connectivity index (χ2n) is 6.34. The van der Waals surface area contributed by atoms with Gasteiger partial charge in [-0.2, -0.15) is 13.2 Å². The first kappa shape index (κ1) is 18.4. The Hall–Kier alpha value is -1.94. The number of likely N-dealkylation sites (tertiary alicyclic amines) is 1. The number of alkyl halides is 3. The van der Waals surface area contributed by atoms with Gasteiger partial charge in [0.05, 0.1) is 10.5 Å². The summed E-state index contributed by atoms with van der Waals surface area (Å²) in [4.78, 5) is 22.7. The van der Waals surface area contributed by atoms with Crippen LogP contribution in [0.25, 0.3) is 5.52 Å². The number of hydrogen-bond donors (Lipinski definition) is 0. The van der Waals surface area contributed by atoms with Crippen molar-refractivity contribution in [3.05, 3.63) is 50.9 Å². The van der Waals surface area contributed by atoms with Crippen LogP contribution in [0.4, 0.5) is 13.2 Å². The number of fused-ring (bicyclic) bond motifs is 1. The molecule has 0 N–H and O–H groups in total. The fraction of sp³-hybridized carbons (Fsp3) is 0.353. The summed E-state index contributed by atoms with van der Waals surface area (Å²) < 4.78 is 40.7. The maximum absolute atomic E-state index is 13.0. The normalized spacial score (nSPS) is 18.2. The molecule has 0 saturated carbocycles. The van der Waals surface area contributed by atoms with Crippen molar-refractivity contribution in [1.29, 1.82) is 0 Å². The van der Waals surface area contributed by atoms with Crippen LogP contribution in [0.2, 0.25) is 0 Å². The van der Waals surface area contributed by atoms with Crippen molar-refractivity contribution in [1.82, 2.24) is 19.3 Å². The third kappa shape index (κ3) is 3.47. The first-order chi connectivity index (χ1) is 12.8. The highest BCUT2D eigenvalue weighted by atomic mass is 79.9. The zero-order valence-electron chi connectivity index (χ0n) is 13.9. The third-order valence-electron chi connectivity index (χ3n) is 4.58. The Morgan fingerprint density at radius 1 is 1.30 bits per heavy atom. The lowest BCUT2D eigenvalue weighted by Crippen LogP contribution is -2.39. The second kappa shape index (κ2) is 6.90. The Balaban J connectivity index is 1.57. The summed E-state index contributed by atoms with van der Waals surface area (Å²) in [6, 6.07) is 5.47. The lowest BCUT2D eigenvalue weighted by atomic mass is 9.98. The molecule has 1 saturated heterocycles. The van der Waals surface area contributed by atoms with Gasteiger partial charge in [0, 0.05) is 30.6 Å². The smallest absolute Gasteiger partial charge is 0.337 e. The Labute approximate surface area is 165 Å². The summed E-state index contributed by atoms with van der Waals surface area (Å²) in [5, 5.41) is 1.46. The van der Waals surface area contributed by atoms with E-state index in [2.05, 4.69) is 25.9 Å². The molecule has 1 aliphatic rings. The maximum atomic E-state index is 13.0. The van der Waals surface area contributed by atoms with Crippen molar-refractivity contribution >= 4 is 38.7 Å². The molecule has 1 atom stereocenters. The Morgan fingerprint density at radius 3 is 2.85 bits per heavy atom. The lowest BCUT2D eigenvalue weighted by molar-refractivity contribution is -0.140. The van der Waals surface area contributed by atoms with Crippen LogP contribution in [0.1, 0.15) is 39.9 Å². The van der Waals surface area contributed by atoms with Crippen LogP contribution in [0.5, 0.6) is 0 Å². The average molecular weight is 459 g/mol. The molecule has 1 unspecified atom stereocenters. The number of aromatic nitrogens is 3. The molecule has 1 aliphatic heterocycles. The summed E-state index contributed by atoms with van der Waals surface area (Å²) >= 11 is 4.35. The van der Waals surface area contributed by atoms with Crippen molar-refractivity contribution in [2.24, 2.45) is 0 Å². The minimum absolute atomic E-state index is 0.193. The first-order valence-electron chi connectivity index (χ1n) is 8.29. The molecule has 3 aromatic rings. The molecule has 4 rings (SSSR count). The van der Waals surface area contributed by atoms with Crippen LogP contribution >= 0.6 is 27.3 Å². The van der Waals surface area contributed by atoms with Crippen LogP contribution in [0.3, 0.4) is 0 Å². The SMILES string of the molecule is O=C(c1nc(Br)n2ccccc12)N1CCCC(c2nc(C(F)(F)F)cs2)C1. The molecule has 1 fully saturated rings. The molecule has 4 heterocycles. The summed E-state index contributed by atoms with van der Waals surface area (Å²) in [7, 11) is 0. The molecule has 0 radical (unpaired) electrons. The molecule has 10 heteroatoms. The molecule has 0 aromatic carbocycles. The largest absolute Gasteiger partial charge is 0.434 e. The van der Waals surface area contributed by atoms with Crippen molar-refractivity contribution < 1.29 is 18.0 Å². The van der Waals surface area contributed by atoms with Gasteiger partial charge in [-0.3, -0.25) is 9.20 Å². The van der Waals surface area contributed by atoms with Gasteiger partial charge >= 0.3 is 6.18 Å². The first-order valence-corrected chi connectivity index (χ1v) is 9.96. The van der Waals surface area contributed by atoms with Gasteiger partial charge in [-0.15, -0.1) is 11.3 Å². The number of rotatable bonds is 2. The van der Waals surface area contributed by atoms with Crippen LogP contribution in [-0.2, 0) is 6.18 Å². The monoisotopic (exact) mass is 458 g/mol. The Morgan fingerprint density at radius 2 is 2.11 bits per heavy atom. The number of nitrogens with zero attached hydrogens (tertiary/aromatic N) is 4. The standard InChI is InChI=1S/C17H14BrF3N4OS/c18-16-23-13(11-5-1-2-7-25(11)16)15(26)24-6-3-4-10(8-24)14-22-12(9-27-14)17(19,20)21/h1-2,5,7,9-10H,3-4,6,8H2. The van der Waals surface area contributed by atoms with Crippen LogP contribution < -0.4 is 0 Å². The van der Waals surface area contributed by atoms with Gasteiger partial charge in [-0.25, -0.2) is 9.97 Å². The van der Waals surface area contributed by atoms with Crippen LogP contribution in [0, 0.1) is 0 Å². The summed E-state index contributed by atoms with van der Waals surface area (Å²) in [6.45, 7) is 0.892. The minimum Gasteiger partial charge on any atom is -0.337 e. The van der Waals surface area contributed by atoms with E-state index >= 15 is 0 Å². The van der Waals surface area contributed by atoms with Crippen molar-refractivity contribution in [3.8, 4) is 0 Å². The summed E-state index contributed by atoms with van der Waals surface area (Å²) in [6.07, 6.45) is -1.22. The molecule has 27 heavy (non-hydrogen) atoms. The Kier molecular flexibility index (Phi) is 4.71. The van der Waals surface area contributed by atoms with Gasteiger partial charge < -0.3 is 4.90 Å². The number of halogens is 4. The fourth-order valence-corrected chi connectivity index (χ4v) is 4.72. The fourth-order valence-electron chi connectivity index (χ4n) is 3.28. The van der Waals surface area contributed by atoms with Crippen LogP contribution in [-0.4, -0.2) is 38.3 Å². The number of hydrogen-bond acceptors (Lipinski definition) is 4. The number of amides is 1. The summed E-state index contributed by atoms with van der Waals surface area (Å²) in [5.41, 5.74) is 0.151. The van der Waals surface area contributed by atoms with Crippen molar-refractivity contribution in [2.75, 3.05) is 13.1 Å². The maximum Gasteiger partial charge on any atom is 0.434 e. The van der Waals surface area contributed by atoms with E-state index in [4.69, 9.17) is 0 Å². The van der Waals surface area contributed by atoms with E-state index in [-0.39, 0.29) is 11.8 Å². The van der Waals surface area contributed by atoms with E-state index < -0.39 is 11.9 Å². The molecule has 1 amide bonds. The van der Waals surface area contributed by atoms with Gasteiger partial charge in [0.1, 0.15) is 0 Å². The summed E-state index contributed by atoms with van der Waals surface area (Å²) in [5.74, 6) is -0.414. The highest BCUT2D eigenvalue weighted by Gasteiger charge is 2.36. The number of carbonyl (C=O) groups excluding carboxylic acids is 1. The zero-order valence-corrected chi connectivity index (χ0v) is 16.3. The van der Waals surface area contributed by atoms with Crippen molar-refractivity contribution in [3.63, 3.8) is 0 Å². The molecular formula is C17H14BrF3N4OS. The number of piperidine rings is 1. The number of pyridine rings is 1. The molecule has 142 valence electrons. The van der Waals surface area contributed by atoms with Gasteiger partial charge in [0.2, 0.25) is 0 Å². The quantitative estimate of drug-likeness (QED) is 0.564. The number of carbonyl (C=O) groups is 1. The Bertz CT molecular complexity index is 1000. The van der Waals surface area contributed by atoms with E-state index in [9.17, 15) is 18.0 Å². The lowest BCUT2D eigenvalue weighted by Gasteiger charge is -2.31. The third-order valence-corrected chi connectivity index (χ3v) is 6.14. The highest BCUT2D eigenvalue weighted by Crippen LogP contribution is 2.35. The predicted octanol–water partition coefficient (Wildman–Crippen LogP) is 4.59.